The minimum atomic E-state index is -4.12. The zero-order valence-corrected chi connectivity index (χ0v) is 21.0. The van der Waals surface area contributed by atoms with Crippen molar-refractivity contribution in [3.05, 3.63) is 0 Å². The van der Waals surface area contributed by atoms with E-state index >= 15 is 0 Å². The number of rotatable bonds is 9. The fourth-order valence-electron chi connectivity index (χ4n) is 3.96. The second-order valence-electron chi connectivity index (χ2n) is 8.63. The van der Waals surface area contributed by atoms with Crippen LogP contribution < -0.4 is 10.6 Å². The van der Waals surface area contributed by atoms with Crippen LogP contribution in [-0.4, -0.2) is 105 Å². The topological polar surface area (TPSA) is 72.4 Å². The molecule has 0 aromatic heterocycles. The van der Waals surface area contributed by atoms with Crippen molar-refractivity contribution in [2.45, 2.75) is 44.9 Å². The molecule has 0 bridgehead atoms. The Balaban J connectivity index is 0.00000480. The van der Waals surface area contributed by atoms with Crippen LogP contribution in [0, 0.1) is 5.92 Å². The molecule has 1 atom stereocenters. The molecule has 1 unspecified atom stereocenters. The quantitative estimate of drug-likeness (QED) is 0.226. The number of piperidine rings is 1. The molecule has 0 saturated carbocycles. The average Bonchev–Trinajstić information content (AvgIpc) is 2.67. The van der Waals surface area contributed by atoms with Gasteiger partial charge in [-0.1, -0.05) is 0 Å². The molecule has 3 N–H and O–H groups in total. The second kappa shape index (κ2) is 14.0. The lowest BCUT2D eigenvalue weighted by Crippen LogP contribution is -2.48. The first-order valence-corrected chi connectivity index (χ1v) is 11.0. The molecule has 31 heavy (non-hydrogen) atoms. The number of nitrogens with zero attached hydrogens (tertiary/aromatic N) is 3. The van der Waals surface area contributed by atoms with Gasteiger partial charge in [-0.2, -0.15) is 13.2 Å². The maximum Gasteiger partial charge on any atom is 0.401 e. The molecule has 184 valence electrons. The van der Waals surface area contributed by atoms with E-state index in [0.29, 0.717) is 57.8 Å². The van der Waals surface area contributed by atoms with Gasteiger partial charge in [-0.15, -0.1) is 24.0 Å². The van der Waals surface area contributed by atoms with Gasteiger partial charge in [-0.05, 0) is 52.1 Å². The molecule has 0 amide bonds. The van der Waals surface area contributed by atoms with E-state index in [0.717, 1.165) is 32.4 Å². The van der Waals surface area contributed by atoms with Crippen molar-refractivity contribution in [3.63, 3.8) is 0 Å². The second-order valence-corrected chi connectivity index (χ2v) is 8.63. The van der Waals surface area contributed by atoms with Crippen LogP contribution in [0.25, 0.3) is 0 Å². The van der Waals surface area contributed by atoms with Crippen molar-refractivity contribution < 1.29 is 23.0 Å². The first-order chi connectivity index (χ1) is 14.2. The van der Waals surface area contributed by atoms with Crippen LogP contribution in [0.1, 0.15) is 33.1 Å². The summed E-state index contributed by atoms with van der Waals surface area (Å²) in [4.78, 5) is 8.22. The maximum absolute atomic E-state index is 12.5. The Hall–Kier alpha value is -0.370. The molecule has 2 aliphatic heterocycles. The van der Waals surface area contributed by atoms with Crippen molar-refractivity contribution in [2.75, 3.05) is 72.1 Å². The highest BCUT2D eigenvalue weighted by molar-refractivity contribution is 14.0. The lowest BCUT2D eigenvalue weighted by molar-refractivity contribution is -0.148. The molecule has 2 saturated heterocycles. The summed E-state index contributed by atoms with van der Waals surface area (Å²) >= 11 is 0. The summed E-state index contributed by atoms with van der Waals surface area (Å²) in [7, 11) is 0. The molecule has 0 aromatic rings. The fourth-order valence-corrected chi connectivity index (χ4v) is 3.96. The van der Waals surface area contributed by atoms with Gasteiger partial charge in [-0.25, -0.2) is 0 Å². The third kappa shape index (κ3) is 12.4. The molecule has 2 heterocycles. The lowest BCUT2D eigenvalue weighted by Gasteiger charge is -2.33. The normalized spacial score (nSPS) is 21.9. The number of hydrogen-bond acceptors (Lipinski definition) is 5. The van der Waals surface area contributed by atoms with Gasteiger partial charge >= 0.3 is 6.18 Å². The molecule has 0 spiro atoms. The van der Waals surface area contributed by atoms with E-state index in [2.05, 4.69) is 20.5 Å². The average molecular weight is 565 g/mol. The summed E-state index contributed by atoms with van der Waals surface area (Å²) in [6, 6.07) is 0. The standard InChI is InChI=1S/C20H38F3N5O2.HI/c1-3-24-18(26-14-19(2,29)15-28-10-12-30-13-11-28)25-7-4-17-5-8-27(9-6-17)16-20(21,22)23;/h17,29H,3-16H2,1-2H3,(H2,24,25,26);1H. The van der Waals surface area contributed by atoms with Crippen molar-refractivity contribution in [1.82, 2.24) is 20.4 Å². The minimum Gasteiger partial charge on any atom is -0.387 e. The number of aliphatic hydroxyl groups is 1. The van der Waals surface area contributed by atoms with E-state index in [4.69, 9.17) is 4.74 Å². The van der Waals surface area contributed by atoms with Gasteiger partial charge in [0.25, 0.3) is 0 Å². The zero-order chi connectivity index (χ0) is 22.0. The number of aliphatic imine (C=N–C) groups is 1. The van der Waals surface area contributed by atoms with Crippen LogP contribution in [0.5, 0.6) is 0 Å². The van der Waals surface area contributed by atoms with Crippen molar-refractivity contribution in [2.24, 2.45) is 10.9 Å². The Morgan fingerprint density at radius 2 is 1.68 bits per heavy atom. The Bertz CT molecular complexity index is 523. The maximum atomic E-state index is 12.5. The highest BCUT2D eigenvalue weighted by Crippen LogP contribution is 2.24. The molecule has 2 fully saturated rings. The van der Waals surface area contributed by atoms with Crippen LogP contribution in [0.15, 0.2) is 4.99 Å². The number of ether oxygens (including phenoxy) is 1. The molecular formula is C20H39F3IN5O2. The van der Waals surface area contributed by atoms with Gasteiger partial charge < -0.3 is 20.5 Å². The van der Waals surface area contributed by atoms with E-state index in [9.17, 15) is 18.3 Å². The predicted octanol–water partition coefficient (Wildman–Crippen LogP) is 1.91. The molecule has 2 rings (SSSR count). The zero-order valence-electron chi connectivity index (χ0n) is 18.7. The molecule has 0 aromatic carbocycles. The van der Waals surface area contributed by atoms with Crippen LogP contribution in [-0.2, 0) is 4.74 Å². The molecule has 7 nitrogen and oxygen atoms in total. The summed E-state index contributed by atoms with van der Waals surface area (Å²) in [5, 5.41) is 17.2. The highest BCUT2D eigenvalue weighted by Gasteiger charge is 2.32. The van der Waals surface area contributed by atoms with Gasteiger partial charge in [0.15, 0.2) is 5.96 Å². The number of alkyl halides is 3. The van der Waals surface area contributed by atoms with Crippen molar-refractivity contribution in [1.29, 1.82) is 0 Å². The Kier molecular flexibility index (Phi) is 13.0. The summed E-state index contributed by atoms with van der Waals surface area (Å²) in [5.41, 5.74) is -0.926. The molecule has 2 aliphatic rings. The summed E-state index contributed by atoms with van der Waals surface area (Å²) in [6.45, 7) is 9.27. The van der Waals surface area contributed by atoms with Gasteiger partial charge in [0.05, 0.1) is 31.9 Å². The Morgan fingerprint density at radius 1 is 1.06 bits per heavy atom. The van der Waals surface area contributed by atoms with Gasteiger partial charge in [0.2, 0.25) is 0 Å². The van der Waals surface area contributed by atoms with E-state index < -0.39 is 18.3 Å². The Morgan fingerprint density at radius 3 is 2.26 bits per heavy atom. The lowest BCUT2D eigenvalue weighted by atomic mass is 9.93. The van der Waals surface area contributed by atoms with E-state index in [1.807, 2.05) is 6.92 Å². The van der Waals surface area contributed by atoms with Crippen molar-refractivity contribution >= 4 is 29.9 Å². The number of halogens is 4. The van der Waals surface area contributed by atoms with Crippen LogP contribution in [0.3, 0.4) is 0 Å². The smallest absolute Gasteiger partial charge is 0.387 e. The number of β-amino-alcohol motifs (C(OH)–C–C–N with tert-alkyl or cyclic N) is 1. The molecular weight excluding hydrogens is 526 g/mol. The first kappa shape index (κ1) is 28.7. The van der Waals surface area contributed by atoms with Gasteiger partial charge in [0, 0.05) is 32.7 Å². The third-order valence-corrected chi connectivity index (χ3v) is 5.55. The number of nitrogens with one attached hydrogen (secondary N) is 2. The summed E-state index contributed by atoms with van der Waals surface area (Å²) in [5.74, 6) is 1.09. The van der Waals surface area contributed by atoms with E-state index in [1.54, 1.807) is 6.92 Å². The first-order valence-electron chi connectivity index (χ1n) is 11.0. The number of guanidine groups is 1. The van der Waals surface area contributed by atoms with Gasteiger partial charge in [-0.3, -0.25) is 14.8 Å². The van der Waals surface area contributed by atoms with Crippen LogP contribution in [0.4, 0.5) is 13.2 Å². The minimum absolute atomic E-state index is 0. The summed E-state index contributed by atoms with van der Waals surface area (Å²) in [6.07, 6.45) is -1.64. The Labute approximate surface area is 201 Å². The fraction of sp³-hybridized carbons (Fsp3) is 0.950. The van der Waals surface area contributed by atoms with E-state index in [-0.39, 0.29) is 30.5 Å². The van der Waals surface area contributed by atoms with Crippen molar-refractivity contribution in [3.8, 4) is 0 Å². The van der Waals surface area contributed by atoms with E-state index in [1.165, 1.54) is 4.90 Å². The monoisotopic (exact) mass is 565 g/mol. The number of likely N-dealkylation sites (tertiary alicyclic amines) is 1. The SMILES string of the molecule is CCNC(=NCC(C)(O)CN1CCOCC1)NCCC1CCN(CC(F)(F)F)CC1.I. The number of morpholine rings is 1. The molecule has 0 aliphatic carbocycles. The molecule has 0 radical (unpaired) electrons. The summed E-state index contributed by atoms with van der Waals surface area (Å²) < 4.78 is 42.8. The van der Waals surface area contributed by atoms with Crippen LogP contribution in [0.2, 0.25) is 0 Å². The van der Waals surface area contributed by atoms with Crippen LogP contribution >= 0.6 is 24.0 Å². The molecule has 11 heteroatoms. The largest absolute Gasteiger partial charge is 0.401 e. The third-order valence-electron chi connectivity index (χ3n) is 5.55. The highest BCUT2D eigenvalue weighted by atomic mass is 127. The number of hydrogen-bond donors (Lipinski definition) is 3. The van der Waals surface area contributed by atoms with Gasteiger partial charge in [0.1, 0.15) is 0 Å². The predicted molar refractivity (Wildman–Crippen MR) is 127 cm³/mol.